The first-order valence-corrected chi connectivity index (χ1v) is 16.7. The number of rotatable bonds is 6. The average Bonchev–Trinajstić information content (AvgIpc) is 3.84. The fourth-order valence-corrected chi connectivity index (χ4v) is 9.70. The number of ether oxygens (including phenoxy) is 1. The van der Waals surface area contributed by atoms with Gasteiger partial charge in [-0.2, -0.15) is 4.31 Å². The first kappa shape index (κ1) is 30.7. The summed E-state index contributed by atoms with van der Waals surface area (Å²) in [5, 5.41) is 2.80. The minimum atomic E-state index is -4.08. The van der Waals surface area contributed by atoms with E-state index < -0.39 is 56.3 Å². The molecule has 2 saturated heterocycles. The van der Waals surface area contributed by atoms with Crippen LogP contribution in [-0.4, -0.2) is 102 Å². The van der Waals surface area contributed by atoms with Crippen LogP contribution in [0.1, 0.15) is 77.0 Å². The second kappa shape index (κ2) is 11.8. The Bertz CT molecular complexity index is 1230. The van der Waals surface area contributed by atoms with Gasteiger partial charge in [0.15, 0.2) is 11.0 Å². The quantitative estimate of drug-likeness (QED) is 0.288. The van der Waals surface area contributed by atoms with Crippen molar-refractivity contribution in [3.63, 3.8) is 0 Å². The number of primary amides is 2. The van der Waals surface area contributed by atoms with Crippen LogP contribution in [0.5, 0.6) is 0 Å². The Balaban J connectivity index is 1.53. The van der Waals surface area contributed by atoms with Crippen molar-refractivity contribution >= 4 is 33.8 Å². The van der Waals surface area contributed by atoms with Crippen LogP contribution >= 0.6 is 0 Å². The number of fused-ring (bicyclic) bond motifs is 2. The van der Waals surface area contributed by atoms with E-state index in [1.54, 1.807) is 4.31 Å². The molecule has 3 heterocycles. The second-order valence-corrected chi connectivity index (χ2v) is 14.7. The van der Waals surface area contributed by atoms with E-state index in [2.05, 4.69) is 10.2 Å². The van der Waals surface area contributed by atoms with E-state index in [9.17, 15) is 27.6 Å². The monoisotopic (exact) mass is 608 g/mol. The van der Waals surface area contributed by atoms with Crippen molar-refractivity contribution in [1.82, 2.24) is 19.4 Å². The number of nitrogens with zero attached hydrogens (tertiary/aromatic N) is 3. The maximum absolute atomic E-state index is 14.7. The molecule has 42 heavy (non-hydrogen) atoms. The van der Waals surface area contributed by atoms with E-state index >= 15 is 0 Å². The Morgan fingerprint density at radius 1 is 1.00 bits per heavy atom. The van der Waals surface area contributed by atoms with Gasteiger partial charge in [-0.15, -0.1) is 0 Å². The van der Waals surface area contributed by atoms with E-state index in [4.69, 9.17) is 16.2 Å². The lowest BCUT2D eigenvalue weighted by atomic mass is 9.92. The van der Waals surface area contributed by atoms with Crippen LogP contribution < -0.4 is 16.8 Å². The van der Waals surface area contributed by atoms with Crippen LogP contribution in [0.3, 0.4) is 0 Å². The summed E-state index contributed by atoms with van der Waals surface area (Å²) < 4.78 is 36.1. The van der Waals surface area contributed by atoms with E-state index in [0.29, 0.717) is 25.7 Å². The first-order chi connectivity index (χ1) is 19.9. The van der Waals surface area contributed by atoms with Crippen molar-refractivity contribution in [2.45, 2.75) is 106 Å². The SMILES string of the molecule is CN1CCC(N(C2CC2)S(=O)(=O)C23CC2C=CCCCCCC(OC(N)=O)C(=O)N2CCCC2(C(N)=O)C(=O)N3)CC1. The molecule has 5 N–H and O–H groups in total. The zero-order valence-electron chi connectivity index (χ0n) is 24.3. The minimum absolute atomic E-state index is 0.0285. The summed E-state index contributed by atoms with van der Waals surface area (Å²) >= 11 is 0. The number of piperidine rings is 1. The molecule has 4 unspecified atom stereocenters. The third-order valence-electron chi connectivity index (χ3n) is 9.65. The van der Waals surface area contributed by atoms with Gasteiger partial charge in [-0.05, 0) is 90.8 Å². The van der Waals surface area contributed by atoms with Gasteiger partial charge in [-0.25, -0.2) is 13.2 Å². The molecule has 0 aromatic heterocycles. The molecule has 0 bridgehead atoms. The third-order valence-corrected chi connectivity index (χ3v) is 12.3. The van der Waals surface area contributed by atoms with Crippen LogP contribution in [0.4, 0.5) is 4.79 Å². The number of likely N-dealkylation sites (tertiary alicyclic amines) is 1. The highest BCUT2D eigenvalue weighted by Crippen LogP contribution is 2.53. The summed E-state index contributed by atoms with van der Waals surface area (Å²) in [6.45, 7) is 1.59. The number of nitrogens with one attached hydrogen (secondary N) is 1. The summed E-state index contributed by atoms with van der Waals surface area (Å²) in [4.78, 5) is 54.3. The molecule has 3 aliphatic heterocycles. The molecule has 2 aliphatic carbocycles. The largest absolute Gasteiger partial charge is 0.436 e. The van der Waals surface area contributed by atoms with Crippen molar-refractivity contribution < 1.29 is 32.3 Å². The van der Waals surface area contributed by atoms with Crippen LogP contribution in [0.15, 0.2) is 12.2 Å². The first-order valence-electron chi connectivity index (χ1n) is 15.2. The molecule has 4 amide bonds. The van der Waals surface area contributed by atoms with Gasteiger partial charge in [-0.1, -0.05) is 18.6 Å². The highest BCUT2D eigenvalue weighted by Gasteiger charge is 2.69. The summed E-state index contributed by atoms with van der Waals surface area (Å²) in [7, 11) is -2.06. The minimum Gasteiger partial charge on any atom is -0.436 e. The van der Waals surface area contributed by atoms with Crippen molar-refractivity contribution in [1.29, 1.82) is 0 Å². The summed E-state index contributed by atoms with van der Waals surface area (Å²) in [5.41, 5.74) is 9.00. The Morgan fingerprint density at radius 3 is 2.33 bits per heavy atom. The van der Waals surface area contributed by atoms with Crippen molar-refractivity contribution in [2.75, 3.05) is 26.7 Å². The standard InChI is InChI=1S/C28H44N6O7S/c1-32-16-12-21(13-17-32)34(20-10-11-20)42(39,40)28-18-19(28)8-5-3-2-4-6-9-22(41-26(30)38)23(35)33-15-7-14-27(33,24(29)36)25(37)31-28/h5,8,19-22H,2-4,6-7,9-18H2,1H3,(H2,29,36)(H2,30,38)(H,31,37). The molecule has 0 spiro atoms. The van der Waals surface area contributed by atoms with Gasteiger partial charge in [0.25, 0.3) is 17.7 Å². The highest BCUT2D eigenvalue weighted by molar-refractivity contribution is 7.90. The number of nitrogens with two attached hydrogens (primary N) is 2. The van der Waals surface area contributed by atoms with E-state index in [-0.39, 0.29) is 44.3 Å². The topological polar surface area (TPSA) is 185 Å². The van der Waals surface area contributed by atoms with Crippen LogP contribution in [0, 0.1) is 5.92 Å². The maximum Gasteiger partial charge on any atom is 0.405 e. The zero-order valence-corrected chi connectivity index (χ0v) is 25.1. The molecule has 4 atom stereocenters. The molecular weight excluding hydrogens is 564 g/mol. The van der Waals surface area contributed by atoms with Gasteiger partial charge < -0.3 is 31.3 Å². The Labute approximate surface area is 247 Å². The van der Waals surface area contributed by atoms with Gasteiger partial charge in [0.1, 0.15) is 0 Å². The summed E-state index contributed by atoms with van der Waals surface area (Å²) in [5.74, 6) is -3.18. The number of carbonyl (C=O) groups is 4. The van der Waals surface area contributed by atoms with Crippen molar-refractivity contribution in [3.8, 4) is 0 Å². The molecule has 4 fully saturated rings. The number of amides is 4. The van der Waals surface area contributed by atoms with Gasteiger partial charge in [-0.3, -0.25) is 14.4 Å². The Hall–Kier alpha value is -2.71. The lowest BCUT2D eigenvalue weighted by Crippen LogP contribution is -2.68. The van der Waals surface area contributed by atoms with E-state index in [1.165, 1.54) is 0 Å². The van der Waals surface area contributed by atoms with Crippen LogP contribution in [0.2, 0.25) is 0 Å². The summed E-state index contributed by atoms with van der Waals surface area (Å²) in [6, 6.07) is -0.286. The van der Waals surface area contributed by atoms with E-state index in [1.807, 2.05) is 19.2 Å². The van der Waals surface area contributed by atoms with Gasteiger partial charge in [0.2, 0.25) is 15.6 Å². The fraction of sp³-hybridized carbons (Fsp3) is 0.786. The number of hydrogen-bond acceptors (Lipinski definition) is 8. The lowest BCUT2D eigenvalue weighted by Gasteiger charge is -2.40. The third kappa shape index (κ3) is 5.52. The number of hydrogen-bond donors (Lipinski definition) is 3. The normalized spacial score (nSPS) is 33.7. The molecule has 5 rings (SSSR count). The highest BCUT2D eigenvalue weighted by atomic mass is 32.2. The Morgan fingerprint density at radius 2 is 1.69 bits per heavy atom. The molecule has 14 heteroatoms. The fourth-order valence-electron chi connectivity index (χ4n) is 7.05. The predicted octanol–water partition coefficient (Wildman–Crippen LogP) is 0.538. The number of sulfonamides is 1. The zero-order chi connectivity index (χ0) is 30.3. The Kier molecular flexibility index (Phi) is 8.61. The molecular formula is C28H44N6O7S. The van der Waals surface area contributed by atoms with Crippen molar-refractivity contribution in [3.05, 3.63) is 12.2 Å². The van der Waals surface area contributed by atoms with Gasteiger partial charge in [0, 0.05) is 24.5 Å². The lowest BCUT2D eigenvalue weighted by molar-refractivity contribution is -0.157. The second-order valence-electron chi connectivity index (χ2n) is 12.6. The van der Waals surface area contributed by atoms with Gasteiger partial charge in [0.05, 0.1) is 0 Å². The average molecular weight is 609 g/mol. The molecule has 13 nitrogen and oxygen atoms in total. The molecule has 0 aromatic carbocycles. The number of allylic oxidation sites excluding steroid dienone is 1. The van der Waals surface area contributed by atoms with E-state index in [0.717, 1.165) is 43.7 Å². The smallest absolute Gasteiger partial charge is 0.405 e. The molecule has 5 aliphatic rings. The van der Waals surface area contributed by atoms with Crippen LogP contribution in [-0.2, 0) is 29.1 Å². The molecule has 0 radical (unpaired) electrons. The van der Waals surface area contributed by atoms with Crippen molar-refractivity contribution in [2.24, 2.45) is 17.4 Å². The number of carbonyl (C=O) groups excluding carboxylic acids is 4. The predicted molar refractivity (Wildman–Crippen MR) is 153 cm³/mol. The summed E-state index contributed by atoms with van der Waals surface area (Å²) in [6.07, 6.45) is 7.65. The molecule has 2 saturated carbocycles. The van der Waals surface area contributed by atoms with Gasteiger partial charge >= 0.3 is 6.09 Å². The maximum atomic E-state index is 14.7. The molecule has 234 valence electrons. The van der Waals surface area contributed by atoms with Crippen LogP contribution in [0.25, 0.3) is 0 Å². The molecule has 0 aromatic rings.